The van der Waals surface area contributed by atoms with E-state index in [1.54, 1.807) is 11.9 Å². The summed E-state index contributed by atoms with van der Waals surface area (Å²) in [7, 11) is 1.79. The van der Waals surface area contributed by atoms with E-state index in [0.717, 1.165) is 16.8 Å². The van der Waals surface area contributed by atoms with Crippen molar-refractivity contribution in [1.29, 1.82) is 0 Å². The Morgan fingerprint density at radius 2 is 1.58 bits per heavy atom. The molecule has 98 valence electrons. The number of benzene rings is 2. The van der Waals surface area contributed by atoms with E-state index < -0.39 is 0 Å². The molecule has 2 aromatic rings. The first kappa shape index (κ1) is 13.3. The highest BCUT2D eigenvalue weighted by molar-refractivity contribution is 5.94. The van der Waals surface area contributed by atoms with Crippen molar-refractivity contribution in [2.45, 2.75) is 13.0 Å². The molecule has 19 heavy (non-hydrogen) atoms. The van der Waals surface area contributed by atoms with Gasteiger partial charge in [0.15, 0.2) is 0 Å². The van der Waals surface area contributed by atoms with Gasteiger partial charge in [0.1, 0.15) is 0 Å². The van der Waals surface area contributed by atoms with Crippen LogP contribution in [0.2, 0.25) is 0 Å². The van der Waals surface area contributed by atoms with E-state index in [-0.39, 0.29) is 5.91 Å². The lowest BCUT2D eigenvalue weighted by molar-refractivity contribution is -0.117. The largest absolute Gasteiger partial charge is 0.326 e. The molecule has 0 bridgehead atoms. The van der Waals surface area contributed by atoms with Gasteiger partial charge in [0.25, 0.3) is 0 Å². The van der Waals surface area contributed by atoms with E-state index in [1.165, 1.54) is 0 Å². The van der Waals surface area contributed by atoms with Crippen LogP contribution in [0.4, 0.5) is 5.69 Å². The molecule has 0 aromatic heterocycles. The van der Waals surface area contributed by atoms with Crippen molar-refractivity contribution in [2.24, 2.45) is 5.73 Å². The maximum Gasteiger partial charge on any atom is 0.231 e. The summed E-state index contributed by atoms with van der Waals surface area (Å²) in [5.74, 6) is 0.0621. The lowest BCUT2D eigenvalue weighted by Crippen LogP contribution is -2.28. The first-order chi connectivity index (χ1) is 9.22. The minimum absolute atomic E-state index is 0.0621. The lowest BCUT2D eigenvalue weighted by atomic mass is 10.0. The normalized spacial score (nSPS) is 10.2. The van der Waals surface area contributed by atoms with Crippen molar-refractivity contribution in [3.63, 3.8) is 0 Å². The second kappa shape index (κ2) is 6.16. The fraction of sp³-hybridized carbons (Fsp3) is 0.188. The van der Waals surface area contributed by atoms with Gasteiger partial charge in [0.2, 0.25) is 5.91 Å². The van der Waals surface area contributed by atoms with E-state index in [1.807, 2.05) is 54.6 Å². The van der Waals surface area contributed by atoms with E-state index >= 15 is 0 Å². The Morgan fingerprint density at radius 1 is 1.00 bits per heavy atom. The molecule has 0 aliphatic heterocycles. The van der Waals surface area contributed by atoms with Gasteiger partial charge < -0.3 is 10.6 Å². The lowest BCUT2D eigenvalue weighted by Gasteiger charge is -2.18. The van der Waals surface area contributed by atoms with Gasteiger partial charge in [0.05, 0.1) is 6.42 Å². The predicted octanol–water partition coefficient (Wildman–Crippen LogP) is 2.35. The first-order valence-corrected chi connectivity index (χ1v) is 6.31. The zero-order chi connectivity index (χ0) is 13.7. The number of amides is 1. The van der Waals surface area contributed by atoms with Gasteiger partial charge >= 0.3 is 0 Å². The van der Waals surface area contributed by atoms with Gasteiger partial charge in [0, 0.05) is 19.3 Å². The molecule has 3 heteroatoms. The summed E-state index contributed by atoms with van der Waals surface area (Å²) in [6.45, 7) is 0.457. The highest BCUT2D eigenvalue weighted by atomic mass is 16.2. The van der Waals surface area contributed by atoms with E-state index in [9.17, 15) is 4.79 Å². The standard InChI is InChI=1S/C16H18N2O/c1-18(15-9-3-2-4-10-15)16(19)11-13-7-5-6-8-14(13)12-17/h2-10H,11-12,17H2,1H3. The number of hydrogen-bond acceptors (Lipinski definition) is 2. The van der Waals surface area contributed by atoms with Crippen LogP contribution in [0.5, 0.6) is 0 Å². The van der Waals surface area contributed by atoms with Crippen LogP contribution in [-0.2, 0) is 17.8 Å². The number of hydrogen-bond donors (Lipinski definition) is 1. The van der Waals surface area contributed by atoms with Crippen LogP contribution in [0, 0.1) is 0 Å². The van der Waals surface area contributed by atoms with Crippen molar-refractivity contribution in [1.82, 2.24) is 0 Å². The predicted molar refractivity (Wildman–Crippen MR) is 77.9 cm³/mol. The summed E-state index contributed by atoms with van der Waals surface area (Å²) in [5.41, 5.74) is 8.61. The Labute approximate surface area is 113 Å². The van der Waals surface area contributed by atoms with E-state index in [2.05, 4.69) is 0 Å². The van der Waals surface area contributed by atoms with Gasteiger partial charge in [-0.05, 0) is 23.3 Å². The number of nitrogens with zero attached hydrogens (tertiary/aromatic N) is 1. The molecule has 3 nitrogen and oxygen atoms in total. The van der Waals surface area contributed by atoms with Crippen molar-refractivity contribution in [2.75, 3.05) is 11.9 Å². The molecule has 0 saturated heterocycles. The van der Waals surface area contributed by atoms with Crippen molar-refractivity contribution in [3.05, 3.63) is 65.7 Å². The average molecular weight is 254 g/mol. The summed E-state index contributed by atoms with van der Waals surface area (Å²) >= 11 is 0. The molecule has 0 spiro atoms. The Hall–Kier alpha value is -2.13. The number of rotatable bonds is 4. The van der Waals surface area contributed by atoms with Crippen LogP contribution in [0.3, 0.4) is 0 Å². The second-order valence-electron chi connectivity index (χ2n) is 4.44. The topological polar surface area (TPSA) is 46.3 Å². The molecule has 2 N–H and O–H groups in total. The highest BCUT2D eigenvalue weighted by Gasteiger charge is 2.12. The second-order valence-corrected chi connectivity index (χ2v) is 4.44. The molecule has 0 atom stereocenters. The Balaban J connectivity index is 2.13. The molecular weight excluding hydrogens is 236 g/mol. The SMILES string of the molecule is CN(C(=O)Cc1ccccc1CN)c1ccccc1. The molecule has 0 saturated carbocycles. The fourth-order valence-electron chi connectivity index (χ4n) is 2.01. The molecule has 1 amide bonds. The summed E-state index contributed by atoms with van der Waals surface area (Å²) < 4.78 is 0. The van der Waals surface area contributed by atoms with Crippen molar-refractivity contribution < 1.29 is 4.79 Å². The van der Waals surface area contributed by atoms with Gasteiger partial charge in [-0.3, -0.25) is 4.79 Å². The number of carbonyl (C=O) groups excluding carboxylic acids is 1. The molecule has 2 rings (SSSR count). The minimum Gasteiger partial charge on any atom is -0.326 e. The summed E-state index contributed by atoms with van der Waals surface area (Å²) in [6, 6.07) is 17.4. The van der Waals surface area contributed by atoms with E-state index in [0.29, 0.717) is 13.0 Å². The van der Waals surface area contributed by atoms with Crippen molar-refractivity contribution in [3.8, 4) is 0 Å². The van der Waals surface area contributed by atoms with Gasteiger partial charge in [-0.25, -0.2) is 0 Å². The van der Waals surface area contributed by atoms with E-state index in [4.69, 9.17) is 5.73 Å². The minimum atomic E-state index is 0.0621. The summed E-state index contributed by atoms with van der Waals surface area (Å²) in [4.78, 5) is 13.9. The average Bonchev–Trinajstić information content (AvgIpc) is 2.48. The quantitative estimate of drug-likeness (QED) is 0.910. The third-order valence-corrected chi connectivity index (χ3v) is 3.20. The molecule has 2 aromatic carbocycles. The third-order valence-electron chi connectivity index (χ3n) is 3.20. The third kappa shape index (κ3) is 3.20. The van der Waals surface area contributed by atoms with Gasteiger partial charge in [-0.15, -0.1) is 0 Å². The number of carbonyl (C=O) groups is 1. The molecular formula is C16H18N2O. The van der Waals surface area contributed by atoms with Crippen LogP contribution in [0.15, 0.2) is 54.6 Å². The first-order valence-electron chi connectivity index (χ1n) is 6.31. The van der Waals surface area contributed by atoms with Crippen LogP contribution < -0.4 is 10.6 Å². The van der Waals surface area contributed by atoms with Crippen LogP contribution >= 0.6 is 0 Å². The number of para-hydroxylation sites is 1. The molecule has 0 radical (unpaired) electrons. The maximum atomic E-state index is 12.3. The Bertz CT molecular complexity index is 552. The van der Waals surface area contributed by atoms with Gasteiger partial charge in [-0.1, -0.05) is 42.5 Å². The summed E-state index contributed by atoms with van der Waals surface area (Å²) in [6.07, 6.45) is 0.374. The molecule has 0 aliphatic carbocycles. The zero-order valence-electron chi connectivity index (χ0n) is 11.0. The van der Waals surface area contributed by atoms with Crippen LogP contribution in [-0.4, -0.2) is 13.0 Å². The van der Waals surface area contributed by atoms with Crippen molar-refractivity contribution >= 4 is 11.6 Å². The van der Waals surface area contributed by atoms with Gasteiger partial charge in [-0.2, -0.15) is 0 Å². The monoisotopic (exact) mass is 254 g/mol. The maximum absolute atomic E-state index is 12.3. The molecule has 0 aliphatic rings. The Kier molecular flexibility index (Phi) is 4.31. The van der Waals surface area contributed by atoms with Crippen LogP contribution in [0.1, 0.15) is 11.1 Å². The molecule has 0 fully saturated rings. The zero-order valence-corrected chi connectivity index (χ0v) is 11.0. The van der Waals surface area contributed by atoms with Crippen LogP contribution in [0.25, 0.3) is 0 Å². The highest BCUT2D eigenvalue weighted by Crippen LogP contribution is 2.15. The smallest absolute Gasteiger partial charge is 0.231 e. The number of likely N-dealkylation sites (N-methyl/N-ethyl adjacent to an activating group) is 1. The summed E-state index contributed by atoms with van der Waals surface area (Å²) in [5, 5.41) is 0. The number of nitrogens with two attached hydrogens (primary N) is 1. The Morgan fingerprint density at radius 3 is 2.21 bits per heavy atom. The molecule has 0 heterocycles. The molecule has 0 unspecified atom stereocenters. The number of anilines is 1. The fourth-order valence-corrected chi connectivity index (χ4v) is 2.01.